The van der Waals surface area contributed by atoms with E-state index in [0.29, 0.717) is 25.1 Å². The second-order valence-corrected chi connectivity index (χ2v) is 8.79. The van der Waals surface area contributed by atoms with Crippen LogP contribution in [0.2, 0.25) is 0 Å². The van der Waals surface area contributed by atoms with E-state index in [2.05, 4.69) is 0 Å². The quantitative estimate of drug-likeness (QED) is 0.517. The van der Waals surface area contributed by atoms with Crippen molar-refractivity contribution < 1.29 is 14.7 Å². The lowest BCUT2D eigenvalue weighted by molar-refractivity contribution is -0.132. The van der Waals surface area contributed by atoms with Gasteiger partial charge in [-0.2, -0.15) is 0 Å². The van der Waals surface area contributed by atoms with Gasteiger partial charge in [0.2, 0.25) is 0 Å². The van der Waals surface area contributed by atoms with Crippen LogP contribution < -0.4 is 0 Å². The maximum atomic E-state index is 13.5. The number of hydrogen-bond donors (Lipinski definition) is 1. The standard InChI is InChI=1S/C24H26N2O3S/c1-2-9-19(23(27)28)22-21-20(16-30-22)25(14-17-10-5-3-6-11-17)24(29)26(21)15-18-12-7-4-8-13-18/h3-8,10-13,20-21H,2,9,14-16H2,1H3,(H,27,28)/b22-19+. The smallest absolute Gasteiger partial charge is 0.332 e. The van der Waals surface area contributed by atoms with Gasteiger partial charge in [-0.25, -0.2) is 9.59 Å². The Morgan fingerprint density at radius 3 is 2.10 bits per heavy atom. The van der Waals surface area contributed by atoms with E-state index < -0.39 is 5.97 Å². The number of benzene rings is 2. The third-order valence-corrected chi connectivity index (χ3v) is 7.02. The SMILES string of the molecule is CCC/C(C(=O)O)=C1\SCC2C1N(Cc1ccccc1)C(=O)N2Cc1ccccc1. The van der Waals surface area contributed by atoms with E-state index in [0.717, 1.165) is 28.2 Å². The molecule has 0 radical (unpaired) electrons. The Bertz CT molecular complexity index is 945. The third-order valence-electron chi connectivity index (χ3n) is 5.72. The van der Waals surface area contributed by atoms with Crippen molar-refractivity contribution in [1.82, 2.24) is 9.80 Å². The van der Waals surface area contributed by atoms with Crippen molar-refractivity contribution in [2.45, 2.75) is 44.9 Å². The van der Waals surface area contributed by atoms with E-state index in [1.54, 1.807) is 11.8 Å². The summed E-state index contributed by atoms with van der Waals surface area (Å²) in [5, 5.41) is 9.84. The number of rotatable bonds is 7. The summed E-state index contributed by atoms with van der Waals surface area (Å²) < 4.78 is 0. The molecular weight excluding hydrogens is 396 g/mol. The number of carbonyl (C=O) groups excluding carboxylic acids is 1. The van der Waals surface area contributed by atoms with Gasteiger partial charge >= 0.3 is 12.0 Å². The Morgan fingerprint density at radius 2 is 1.57 bits per heavy atom. The molecule has 156 valence electrons. The number of carboxylic acids is 1. The second-order valence-electron chi connectivity index (χ2n) is 7.73. The van der Waals surface area contributed by atoms with Gasteiger partial charge in [0, 0.05) is 29.3 Å². The van der Waals surface area contributed by atoms with Crippen molar-refractivity contribution in [3.8, 4) is 0 Å². The summed E-state index contributed by atoms with van der Waals surface area (Å²) in [5.74, 6) is -0.140. The Morgan fingerprint density at radius 1 is 1.00 bits per heavy atom. The Hall–Kier alpha value is -2.73. The molecule has 0 bridgehead atoms. The number of amides is 2. The van der Waals surface area contributed by atoms with E-state index in [4.69, 9.17) is 0 Å². The molecule has 1 N–H and O–H groups in total. The molecule has 2 aromatic rings. The molecule has 0 aliphatic carbocycles. The van der Waals surface area contributed by atoms with Crippen molar-refractivity contribution in [1.29, 1.82) is 0 Å². The fraction of sp³-hybridized carbons (Fsp3) is 0.333. The van der Waals surface area contributed by atoms with Crippen molar-refractivity contribution in [3.05, 3.63) is 82.3 Å². The fourth-order valence-corrected chi connectivity index (χ4v) is 5.86. The van der Waals surface area contributed by atoms with Gasteiger partial charge in [-0.05, 0) is 17.5 Å². The van der Waals surface area contributed by atoms with Crippen molar-refractivity contribution in [2.75, 3.05) is 5.75 Å². The molecule has 2 atom stereocenters. The molecule has 30 heavy (non-hydrogen) atoms. The van der Waals surface area contributed by atoms with Crippen LogP contribution in [0, 0.1) is 0 Å². The molecule has 2 aliphatic rings. The molecule has 4 rings (SSSR count). The summed E-state index contributed by atoms with van der Waals surface area (Å²) >= 11 is 1.60. The number of carbonyl (C=O) groups is 2. The minimum absolute atomic E-state index is 0.0169. The van der Waals surface area contributed by atoms with E-state index in [1.807, 2.05) is 77.4 Å². The number of thioether (sulfide) groups is 1. The van der Waals surface area contributed by atoms with Gasteiger partial charge in [0.15, 0.2) is 0 Å². The first-order valence-electron chi connectivity index (χ1n) is 10.3. The monoisotopic (exact) mass is 422 g/mol. The third kappa shape index (κ3) is 3.97. The molecule has 2 aromatic carbocycles. The van der Waals surface area contributed by atoms with E-state index in [9.17, 15) is 14.7 Å². The van der Waals surface area contributed by atoms with Gasteiger partial charge in [-0.15, -0.1) is 11.8 Å². The number of nitrogens with zero attached hydrogens (tertiary/aromatic N) is 2. The molecular formula is C24H26N2O3S. The fourth-order valence-electron chi connectivity index (χ4n) is 4.32. The van der Waals surface area contributed by atoms with Gasteiger partial charge in [0.05, 0.1) is 12.1 Å². The first kappa shape index (κ1) is 20.5. The first-order chi connectivity index (χ1) is 14.6. The minimum Gasteiger partial charge on any atom is -0.478 e. The van der Waals surface area contributed by atoms with Gasteiger partial charge in [0.1, 0.15) is 0 Å². The van der Waals surface area contributed by atoms with E-state index in [1.165, 1.54) is 0 Å². The summed E-state index contributed by atoms with van der Waals surface area (Å²) in [4.78, 5) is 30.1. The first-order valence-corrected chi connectivity index (χ1v) is 11.3. The van der Waals surface area contributed by atoms with Crippen molar-refractivity contribution in [3.63, 3.8) is 0 Å². The Labute approximate surface area is 181 Å². The molecule has 2 saturated heterocycles. The summed E-state index contributed by atoms with van der Waals surface area (Å²) in [7, 11) is 0. The molecule has 2 heterocycles. The van der Waals surface area contributed by atoms with Gasteiger partial charge in [-0.3, -0.25) is 0 Å². The zero-order valence-electron chi connectivity index (χ0n) is 17.0. The van der Waals surface area contributed by atoms with Gasteiger partial charge in [0.25, 0.3) is 0 Å². The topological polar surface area (TPSA) is 60.9 Å². The van der Waals surface area contributed by atoms with Crippen LogP contribution in [-0.4, -0.2) is 44.7 Å². The lowest BCUT2D eigenvalue weighted by Crippen LogP contribution is -2.35. The highest BCUT2D eigenvalue weighted by molar-refractivity contribution is 8.03. The Balaban J connectivity index is 1.71. The number of carboxylic acid groups (broad SMARTS) is 1. The largest absolute Gasteiger partial charge is 0.478 e. The summed E-state index contributed by atoms with van der Waals surface area (Å²) in [6, 6.07) is 19.7. The average Bonchev–Trinajstić information content (AvgIpc) is 3.28. The number of urea groups is 1. The predicted octanol–water partition coefficient (Wildman–Crippen LogP) is 4.75. The maximum Gasteiger partial charge on any atom is 0.332 e. The van der Waals surface area contributed by atoms with Crippen LogP contribution in [0.4, 0.5) is 4.79 Å². The van der Waals surface area contributed by atoms with Crippen LogP contribution in [0.3, 0.4) is 0 Å². The summed E-state index contributed by atoms with van der Waals surface area (Å²) in [6.45, 7) is 3.01. The minimum atomic E-state index is -0.867. The average molecular weight is 423 g/mol. The van der Waals surface area contributed by atoms with Crippen LogP contribution in [0.5, 0.6) is 0 Å². The van der Waals surface area contributed by atoms with Crippen molar-refractivity contribution >= 4 is 23.8 Å². The molecule has 6 heteroatoms. The van der Waals surface area contributed by atoms with Crippen LogP contribution >= 0.6 is 11.8 Å². The van der Waals surface area contributed by atoms with Gasteiger partial charge in [-0.1, -0.05) is 74.0 Å². The Kier molecular flexibility index (Phi) is 6.13. The maximum absolute atomic E-state index is 13.5. The number of hydrogen-bond acceptors (Lipinski definition) is 3. The van der Waals surface area contributed by atoms with Crippen LogP contribution in [0.25, 0.3) is 0 Å². The molecule has 0 aromatic heterocycles. The molecule has 2 amide bonds. The highest BCUT2D eigenvalue weighted by Crippen LogP contribution is 2.45. The predicted molar refractivity (Wildman–Crippen MR) is 119 cm³/mol. The van der Waals surface area contributed by atoms with E-state index in [-0.39, 0.29) is 18.1 Å². The molecule has 2 aliphatic heterocycles. The van der Waals surface area contributed by atoms with Crippen molar-refractivity contribution in [2.24, 2.45) is 0 Å². The molecule has 2 fully saturated rings. The number of aliphatic carboxylic acids is 1. The zero-order valence-corrected chi connectivity index (χ0v) is 17.8. The van der Waals surface area contributed by atoms with Crippen LogP contribution in [-0.2, 0) is 17.9 Å². The second kappa shape index (κ2) is 8.96. The van der Waals surface area contributed by atoms with E-state index >= 15 is 0 Å². The molecule has 2 unspecified atom stereocenters. The molecule has 0 spiro atoms. The van der Waals surface area contributed by atoms with Crippen LogP contribution in [0.15, 0.2) is 71.1 Å². The summed E-state index contributed by atoms with van der Waals surface area (Å²) in [6.07, 6.45) is 1.29. The highest BCUT2D eigenvalue weighted by atomic mass is 32.2. The normalized spacial score (nSPS) is 22.4. The zero-order chi connectivity index (χ0) is 21.1. The lowest BCUT2D eigenvalue weighted by Gasteiger charge is -2.24. The molecule has 5 nitrogen and oxygen atoms in total. The summed E-state index contributed by atoms with van der Waals surface area (Å²) in [5.41, 5.74) is 2.60. The molecule has 0 saturated carbocycles. The van der Waals surface area contributed by atoms with Gasteiger partial charge < -0.3 is 14.9 Å². The highest BCUT2D eigenvalue weighted by Gasteiger charge is 2.51. The van der Waals surface area contributed by atoms with Crippen LogP contribution in [0.1, 0.15) is 30.9 Å². The number of fused-ring (bicyclic) bond motifs is 1. The lowest BCUT2D eigenvalue weighted by atomic mass is 10.0.